The van der Waals surface area contributed by atoms with E-state index in [9.17, 15) is 57.9 Å². The first-order valence-electron chi connectivity index (χ1n) is 28.6. The van der Waals surface area contributed by atoms with Crippen LogP contribution in [0.1, 0.15) is 68.3 Å². The molecule has 7 N–H and O–H groups in total. The monoisotopic (exact) mass is 1580 g/mol. The maximum atomic E-state index is 14.6. The van der Waals surface area contributed by atoms with Gasteiger partial charge in [0.05, 0.1) is 70.0 Å². The summed E-state index contributed by atoms with van der Waals surface area (Å²) in [6, 6.07) is 0. The highest BCUT2D eigenvalue weighted by Gasteiger charge is 2.52. The third kappa shape index (κ3) is 19.2. The van der Waals surface area contributed by atoms with Crippen LogP contribution in [0.2, 0.25) is 0 Å². The second kappa shape index (κ2) is 31.9. The summed E-state index contributed by atoms with van der Waals surface area (Å²) in [4.78, 5) is 149. The second-order valence-electron chi connectivity index (χ2n) is 22.0. The maximum absolute atomic E-state index is 14.6. The van der Waals surface area contributed by atoms with Crippen LogP contribution in [0.25, 0.3) is 11.2 Å². The smallest absolute Gasteiger partial charge is 0.330 e. The molecule has 4 aliphatic heterocycles. The van der Waals surface area contributed by atoms with Gasteiger partial charge in [-0.25, -0.2) is 19.4 Å². The van der Waals surface area contributed by atoms with Crippen molar-refractivity contribution >= 4 is 121 Å². The molecule has 0 bridgehead atoms. The highest BCUT2D eigenvalue weighted by Crippen LogP contribution is 2.55. The molecule has 97 heavy (non-hydrogen) atoms. The molecule has 540 valence electrons. The highest BCUT2D eigenvalue weighted by atomic mass is 32.9. The van der Waals surface area contributed by atoms with Crippen molar-refractivity contribution < 1.29 is 98.0 Å². The number of rotatable bonds is 31. The van der Waals surface area contributed by atoms with Crippen LogP contribution in [0.15, 0.2) is 58.5 Å². The lowest BCUT2D eigenvalue weighted by Crippen LogP contribution is -2.42. The van der Waals surface area contributed by atoms with Crippen LogP contribution in [0.4, 0.5) is 5.95 Å². The zero-order chi connectivity index (χ0) is 71.0. The van der Waals surface area contributed by atoms with E-state index in [-0.39, 0.29) is 40.2 Å². The molecule has 9 rings (SSSR count). The molecule has 9 unspecified atom stereocenters. The number of methoxy groups -OCH3 is 2. The largest absolute Gasteiger partial charge is 0.780 e. The van der Waals surface area contributed by atoms with Gasteiger partial charge >= 0.3 is 17.1 Å². The first kappa shape index (κ1) is 78.1. The topological polar surface area (TPSA) is 508 Å². The number of aromatic nitrogens is 10. The van der Waals surface area contributed by atoms with Crippen molar-refractivity contribution in [1.29, 1.82) is 0 Å². The molecule has 9 heterocycles. The van der Waals surface area contributed by atoms with Crippen LogP contribution in [-0.4, -0.2) is 174 Å². The fourth-order valence-corrected chi connectivity index (χ4v) is 18.6. The molecule has 5 aromatic rings. The molecule has 4 aliphatic rings. The molecule has 4 fully saturated rings. The van der Waals surface area contributed by atoms with Gasteiger partial charge in [-0.1, -0.05) is 47.2 Å². The zero-order valence-corrected chi connectivity index (χ0v) is 60.9. The average Bonchev–Trinajstić information content (AvgIpc) is 1.66. The van der Waals surface area contributed by atoms with Gasteiger partial charge in [-0.2, -0.15) is 4.98 Å². The van der Waals surface area contributed by atoms with Gasteiger partial charge in [0.1, 0.15) is 81.4 Å². The lowest BCUT2D eigenvalue weighted by Gasteiger charge is -2.36. The molecule has 19 atom stereocenters. The summed E-state index contributed by atoms with van der Waals surface area (Å²) < 4.78 is 112. The third-order valence-corrected chi connectivity index (χ3v) is 23.4. The number of anilines is 1. The predicted octanol–water partition coefficient (Wildman–Crippen LogP) is -2.10. The number of nitrogens with two attached hydrogens (primary N) is 1. The Kier molecular flexibility index (Phi) is 25.7. The van der Waals surface area contributed by atoms with E-state index in [1.54, 1.807) is 13.8 Å². The Balaban J connectivity index is 0.953. The first-order valence-corrected chi connectivity index (χ1v) is 42.4. The third-order valence-electron chi connectivity index (χ3n) is 14.8. The fraction of sp³-hybridized carbons (Fsp3) is 0.638. The second-order valence-corrected chi connectivity index (χ2v) is 37.8. The predicted molar refractivity (Wildman–Crippen MR) is 349 cm³/mol. The molecule has 39 nitrogen and oxygen atoms in total. The van der Waals surface area contributed by atoms with E-state index in [4.69, 9.17) is 151 Å². The van der Waals surface area contributed by atoms with Gasteiger partial charge in [-0.05, 0) is 34.6 Å². The van der Waals surface area contributed by atoms with E-state index in [1.807, 2.05) is 0 Å². The summed E-state index contributed by atoms with van der Waals surface area (Å²) in [6.45, 7) is -16.0. The summed E-state index contributed by atoms with van der Waals surface area (Å²) in [7, 11) is 2.28. The molecule has 0 spiro atoms. The van der Waals surface area contributed by atoms with Crippen LogP contribution >= 0.6 is 32.6 Å². The van der Waals surface area contributed by atoms with Crippen LogP contribution in [-0.2, 0) is 150 Å². The van der Waals surface area contributed by atoms with E-state index >= 15 is 0 Å². The number of nitrogen functional groups attached to an aromatic ring is 1. The molecule has 5 aromatic heterocycles. The number of hydrogen-bond acceptors (Lipinski definition) is 37. The van der Waals surface area contributed by atoms with E-state index < -0.39 is 210 Å². The number of aliphatic hydroxyl groups is 1. The Morgan fingerprint density at radius 3 is 1.54 bits per heavy atom. The van der Waals surface area contributed by atoms with Crippen molar-refractivity contribution in [3.05, 3.63) is 114 Å². The lowest BCUT2D eigenvalue weighted by molar-refractivity contribution is -0.221. The van der Waals surface area contributed by atoms with Crippen LogP contribution in [0, 0.1) is 20.8 Å². The number of aromatic amines is 4. The molecule has 4 saturated heterocycles. The number of fused-ring (bicyclic) bond motifs is 1. The minimum atomic E-state index is -5.01. The molecule has 0 aromatic carbocycles. The molecule has 0 radical (unpaired) electrons. The number of imidazole rings is 1. The van der Waals surface area contributed by atoms with Crippen molar-refractivity contribution in [1.82, 2.24) is 48.2 Å². The molecule has 50 heteroatoms. The summed E-state index contributed by atoms with van der Waals surface area (Å²) in [5.41, 5.74) is -3.35. The number of hydrogen-bond donors (Lipinski definition) is 6. The van der Waals surface area contributed by atoms with Gasteiger partial charge in [0.15, 0.2) is 30.4 Å². The summed E-state index contributed by atoms with van der Waals surface area (Å²) >= 11 is 32.1. The Morgan fingerprint density at radius 1 is 0.608 bits per heavy atom. The summed E-state index contributed by atoms with van der Waals surface area (Å²) in [5.74, 6) is -0.238. The molecule has 0 aliphatic carbocycles. The minimum Gasteiger partial charge on any atom is -0.780 e. The maximum Gasteiger partial charge on any atom is 0.330 e. The van der Waals surface area contributed by atoms with E-state index in [2.05, 4.69) is 29.9 Å². The number of H-pyrrole nitrogens is 4. The number of ether oxygens (including phenoxy) is 6. The molecule has 0 amide bonds. The summed E-state index contributed by atoms with van der Waals surface area (Å²) in [6.07, 6.45) is -17.0. The lowest BCUT2D eigenvalue weighted by atomic mass is 10.1. The quantitative estimate of drug-likeness (QED) is 0.0204. The van der Waals surface area contributed by atoms with Crippen LogP contribution in [0.5, 0.6) is 0 Å². The number of nitrogens with zero attached hydrogens (tertiary/aromatic N) is 6. The van der Waals surface area contributed by atoms with E-state index in [0.29, 0.717) is 0 Å². The Hall–Kier alpha value is -3.08. The first-order chi connectivity index (χ1) is 45.4. The van der Waals surface area contributed by atoms with Gasteiger partial charge in [-0.3, -0.25) is 61.9 Å². The van der Waals surface area contributed by atoms with Crippen molar-refractivity contribution in [2.75, 3.05) is 59.6 Å². The van der Waals surface area contributed by atoms with Crippen LogP contribution < -0.4 is 59.7 Å². The zero-order valence-electron chi connectivity index (χ0n) is 51.5. The molecular formula is C47H63N11O28P5S6-5. The average molecular weight is 1580 g/mol. The Bertz CT molecular complexity index is 4400. The Labute approximate surface area is 577 Å². The SMILES string of the molecule is CO[C@H]1C(OP([O-])(=S)OC[C@H]2O[C@@H](n3cc(C)c(=O)[nH]c3=O)[C@@H](OC)C2OP([O-])(=S)OCCO)[C@@H](COP(=O)([S-])OC2C[C@H](n3cc(C)c(=O)[nH]c3=O)O[C@@H]2COP([O-])(=S)OC2C[C@H](n3cnc4c(=O)[nH]c(N)nc43)O[C@@H]2COP(=S)([S-])OC(C)C)O[C@H]1n1cc(C)c(=O)[nH]c1=O. The number of aliphatic hydroxyl groups excluding tert-OH is 1. The fourth-order valence-electron chi connectivity index (χ4n) is 10.5. The minimum absolute atomic E-state index is 0.000398. The van der Waals surface area contributed by atoms with Gasteiger partial charge < -0.3 is 124 Å². The van der Waals surface area contributed by atoms with Gasteiger partial charge in [0.25, 0.3) is 22.2 Å². The summed E-state index contributed by atoms with van der Waals surface area (Å²) in [5, 5.41) is 9.36. The van der Waals surface area contributed by atoms with Crippen molar-refractivity contribution in [3.63, 3.8) is 0 Å². The van der Waals surface area contributed by atoms with Crippen LogP contribution in [0.3, 0.4) is 0 Å². The van der Waals surface area contributed by atoms with Crippen molar-refractivity contribution in [2.24, 2.45) is 0 Å². The standard InChI is InChI=1S/C47H68N11O28P5S6/c1-20(2)82-91(96,97)77-16-27-25(11-31(79-27)58-19-49-32-37(58)50-44(48)51-41(32)63)84-88(68,93)74-15-26-24(10-30(78-26)55-12-21(3)38(60)52-45(55)64)83-89(69,94)75-17-28-34(36(72-7)43(80-28)57-14-23(5)40(62)54-47(57)66)86-90(70,95)76-18-29-33(85-87(67,92)73-9-8-59)35(71-6)42(81-29)56-13-22(4)39(61)53-46(56)65/h12-14,19-20,24-31,33-36,42-43,59H,8-11,15-18H2,1-7H3,(H,67,92)(H,68,93)(H,69,94)(H,70,95)(H,96,97)(H,52,60,64)(H,53,61,65)(H,54,62,66)(H3,48,50,51,63)/p-5/t24?,25?,26-,27-,28-,29-,30-,31-,33?,34?,35+,36+,42-,43-,87?,88?,89?,90?/m1/s1. The van der Waals surface area contributed by atoms with Gasteiger partial charge in [-0.15, -0.1) is 0 Å². The Morgan fingerprint density at radius 2 is 1.04 bits per heavy atom. The number of nitrogens with one attached hydrogen (secondary N) is 4. The highest BCUT2D eigenvalue weighted by molar-refractivity contribution is 8.51. The van der Waals surface area contributed by atoms with E-state index in [0.717, 1.165) is 46.5 Å². The normalized spacial score (nSPS) is 29.2. The van der Waals surface area contributed by atoms with Gasteiger partial charge in [0.2, 0.25) is 5.95 Å². The van der Waals surface area contributed by atoms with Crippen molar-refractivity contribution in [3.8, 4) is 0 Å². The molecule has 0 saturated carbocycles. The van der Waals surface area contributed by atoms with Crippen molar-refractivity contribution in [2.45, 2.75) is 140 Å². The van der Waals surface area contributed by atoms with Gasteiger partial charge in [0, 0.05) is 62.3 Å². The van der Waals surface area contributed by atoms with E-state index in [1.165, 1.54) is 31.7 Å². The number of aryl methyl sites for hydroxylation is 3. The molecular weight excluding hydrogens is 1510 g/mol.